The Morgan fingerprint density at radius 3 is 2.53 bits per heavy atom. The number of methoxy groups -OCH3 is 1. The molecule has 0 spiro atoms. The lowest BCUT2D eigenvalue weighted by Crippen LogP contribution is -2.36. The summed E-state index contributed by atoms with van der Waals surface area (Å²) < 4.78 is 10.6. The lowest BCUT2D eigenvalue weighted by molar-refractivity contribution is 0.0926. The van der Waals surface area contributed by atoms with Gasteiger partial charge in [-0.15, -0.1) is 0 Å². The van der Waals surface area contributed by atoms with E-state index in [0.717, 1.165) is 25.7 Å². The number of carbonyl (C=O) groups excluding carboxylic acids is 2. The molecule has 0 radical (unpaired) electrons. The van der Waals surface area contributed by atoms with Crippen LogP contribution in [0, 0.1) is 0 Å². The summed E-state index contributed by atoms with van der Waals surface area (Å²) in [5.41, 5.74) is 1.24. The Bertz CT molecular complexity index is 881. The number of hydrogen-bond acceptors (Lipinski definition) is 4. The van der Waals surface area contributed by atoms with E-state index in [-0.39, 0.29) is 17.9 Å². The highest BCUT2D eigenvalue weighted by Crippen LogP contribution is 2.24. The van der Waals surface area contributed by atoms with Crippen molar-refractivity contribution in [1.29, 1.82) is 0 Å². The molecule has 0 atom stereocenters. The molecular formula is C23H27ClN2O4. The third kappa shape index (κ3) is 5.97. The van der Waals surface area contributed by atoms with Gasteiger partial charge in [-0.3, -0.25) is 9.59 Å². The van der Waals surface area contributed by atoms with Gasteiger partial charge in [0.25, 0.3) is 11.8 Å². The summed E-state index contributed by atoms with van der Waals surface area (Å²) in [4.78, 5) is 25.5. The summed E-state index contributed by atoms with van der Waals surface area (Å²) in [5.74, 6) is -0.0773. The zero-order valence-electron chi connectivity index (χ0n) is 17.1. The van der Waals surface area contributed by atoms with E-state index in [2.05, 4.69) is 10.6 Å². The first-order valence-corrected chi connectivity index (χ1v) is 10.6. The van der Waals surface area contributed by atoms with Crippen LogP contribution < -0.4 is 15.4 Å². The zero-order valence-corrected chi connectivity index (χ0v) is 17.8. The van der Waals surface area contributed by atoms with Gasteiger partial charge in [-0.05, 0) is 43.2 Å². The molecule has 0 saturated heterocycles. The predicted octanol–water partition coefficient (Wildman–Crippen LogP) is 4.68. The van der Waals surface area contributed by atoms with Gasteiger partial charge in [-0.1, -0.05) is 43.0 Å². The Hall–Kier alpha value is -2.57. The van der Waals surface area contributed by atoms with Gasteiger partial charge in [0.15, 0.2) is 0 Å². The first-order chi connectivity index (χ1) is 14.6. The van der Waals surface area contributed by atoms with Crippen molar-refractivity contribution in [2.24, 2.45) is 0 Å². The van der Waals surface area contributed by atoms with Crippen molar-refractivity contribution in [3.05, 3.63) is 58.6 Å². The maximum atomic E-state index is 12.8. The number of nitrogens with one attached hydrogen (secondary N) is 2. The van der Waals surface area contributed by atoms with Crippen LogP contribution in [0.25, 0.3) is 0 Å². The van der Waals surface area contributed by atoms with Crippen LogP contribution in [0.15, 0.2) is 42.5 Å². The van der Waals surface area contributed by atoms with Gasteiger partial charge >= 0.3 is 0 Å². The first-order valence-electron chi connectivity index (χ1n) is 10.2. The SMILES string of the molecule is COCCOc1ccccc1C(=O)Nc1ccc(Cl)c(C(=O)NC2CCCCC2)c1. The number of anilines is 1. The lowest BCUT2D eigenvalue weighted by Gasteiger charge is -2.23. The second kappa shape index (κ2) is 11.0. The largest absolute Gasteiger partial charge is 0.490 e. The molecular weight excluding hydrogens is 404 g/mol. The number of amides is 2. The number of benzene rings is 2. The zero-order chi connectivity index (χ0) is 21.3. The number of ether oxygens (including phenoxy) is 2. The van der Waals surface area contributed by atoms with Crippen molar-refractivity contribution in [2.75, 3.05) is 25.6 Å². The van der Waals surface area contributed by atoms with E-state index in [1.807, 2.05) is 0 Å². The fourth-order valence-corrected chi connectivity index (χ4v) is 3.70. The van der Waals surface area contributed by atoms with E-state index in [0.29, 0.717) is 40.8 Å². The van der Waals surface area contributed by atoms with Gasteiger partial charge in [0.1, 0.15) is 12.4 Å². The Morgan fingerprint density at radius 2 is 1.77 bits per heavy atom. The molecule has 3 rings (SSSR count). The van der Waals surface area contributed by atoms with Crippen LogP contribution in [0.4, 0.5) is 5.69 Å². The van der Waals surface area contributed by atoms with Crippen molar-refractivity contribution < 1.29 is 19.1 Å². The van der Waals surface area contributed by atoms with Crippen molar-refractivity contribution >= 4 is 29.1 Å². The molecule has 1 aliphatic carbocycles. The Balaban J connectivity index is 1.70. The summed E-state index contributed by atoms with van der Waals surface area (Å²) in [6.45, 7) is 0.764. The molecule has 0 aliphatic heterocycles. The number of hydrogen-bond donors (Lipinski definition) is 2. The summed E-state index contributed by atoms with van der Waals surface area (Å²) in [7, 11) is 1.59. The monoisotopic (exact) mass is 430 g/mol. The number of rotatable bonds is 8. The van der Waals surface area contributed by atoms with Crippen molar-refractivity contribution in [3.8, 4) is 5.75 Å². The van der Waals surface area contributed by atoms with Crippen molar-refractivity contribution in [3.63, 3.8) is 0 Å². The minimum atomic E-state index is -0.330. The third-order valence-electron chi connectivity index (χ3n) is 5.09. The quantitative estimate of drug-likeness (QED) is 0.596. The van der Waals surface area contributed by atoms with E-state index in [1.165, 1.54) is 6.42 Å². The molecule has 2 amide bonds. The van der Waals surface area contributed by atoms with Gasteiger partial charge in [0.05, 0.1) is 22.8 Å². The first kappa shape index (κ1) is 22.1. The highest BCUT2D eigenvalue weighted by molar-refractivity contribution is 6.34. The highest BCUT2D eigenvalue weighted by Gasteiger charge is 2.19. The smallest absolute Gasteiger partial charge is 0.259 e. The average molecular weight is 431 g/mol. The molecule has 0 aromatic heterocycles. The highest BCUT2D eigenvalue weighted by atomic mass is 35.5. The molecule has 2 N–H and O–H groups in total. The lowest BCUT2D eigenvalue weighted by atomic mass is 9.95. The van der Waals surface area contributed by atoms with Crippen molar-refractivity contribution in [1.82, 2.24) is 5.32 Å². The molecule has 0 heterocycles. The summed E-state index contributed by atoms with van der Waals surface area (Å²) in [6, 6.07) is 12.1. The Labute approximate surface area is 181 Å². The average Bonchev–Trinajstić information content (AvgIpc) is 2.76. The second-order valence-corrected chi connectivity index (χ2v) is 7.70. The fourth-order valence-electron chi connectivity index (χ4n) is 3.50. The Kier molecular flexibility index (Phi) is 8.11. The molecule has 1 saturated carbocycles. The summed E-state index contributed by atoms with van der Waals surface area (Å²) >= 11 is 6.25. The molecule has 2 aromatic rings. The van der Waals surface area contributed by atoms with Gasteiger partial charge in [-0.2, -0.15) is 0 Å². The molecule has 0 bridgehead atoms. The molecule has 6 nitrogen and oxygen atoms in total. The van der Waals surface area contributed by atoms with E-state index < -0.39 is 0 Å². The van der Waals surface area contributed by atoms with Crippen LogP contribution in [0.1, 0.15) is 52.8 Å². The molecule has 2 aromatic carbocycles. The van der Waals surface area contributed by atoms with Crippen LogP contribution in [-0.4, -0.2) is 38.2 Å². The van der Waals surface area contributed by atoms with Crippen LogP contribution in [0.3, 0.4) is 0 Å². The van der Waals surface area contributed by atoms with Crippen LogP contribution >= 0.6 is 11.6 Å². The second-order valence-electron chi connectivity index (χ2n) is 7.29. The molecule has 0 unspecified atom stereocenters. The minimum absolute atomic E-state index is 0.177. The van der Waals surface area contributed by atoms with E-state index in [9.17, 15) is 9.59 Å². The van der Waals surface area contributed by atoms with Crippen LogP contribution in [0.2, 0.25) is 5.02 Å². The summed E-state index contributed by atoms with van der Waals surface area (Å²) in [5, 5.41) is 6.24. The van der Waals surface area contributed by atoms with Gasteiger partial charge < -0.3 is 20.1 Å². The van der Waals surface area contributed by atoms with E-state index >= 15 is 0 Å². The van der Waals surface area contributed by atoms with Crippen LogP contribution in [-0.2, 0) is 4.74 Å². The van der Waals surface area contributed by atoms with E-state index in [4.69, 9.17) is 21.1 Å². The number of carbonyl (C=O) groups is 2. The maximum Gasteiger partial charge on any atom is 0.259 e. The van der Waals surface area contributed by atoms with Crippen LogP contribution in [0.5, 0.6) is 5.75 Å². The number of halogens is 1. The minimum Gasteiger partial charge on any atom is -0.490 e. The molecule has 160 valence electrons. The van der Waals surface area contributed by atoms with E-state index in [1.54, 1.807) is 49.6 Å². The molecule has 1 fully saturated rings. The molecule has 1 aliphatic rings. The topological polar surface area (TPSA) is 76.7 Å². The van der Waals surface area contributed by atoms with Gasteiger partial charge in [0.2, 0.25) is 0 Å². The summed E-state index contributed by atoms with van der Waals surface area (Å²) in [6.07, 6.45) is 5.44. The normalized spacial score (nSPS) is 14.2. The van der Waals surface area contributed by atoms with Crippen molar-refractivity contribution in [2.45, 2.75) is 38.1 Å². The molecule has 7 heteroatoms. The Morgan fingerprint density at radius 1 is 1.00 bits per heavy atom. The number of para-hydroxylation sites is 1. The fraction of sp³-hybridized carbons (Fsp3) is 0.391. The maximum absolute atomic E-state index is 12.8. The van der Waals surface area contributed by atoms with Gasteiger partial charge in [-0.25, -0.2) is 0 Å². The third-order valence-corrected chi connectivity index (χ3v) is 5.42. The standard InChI is InChI=1S/C23H27ClN2O4/c1-29-13-14-30-21-10-6-5-9-18(21)22(27)26-17-11-12-20(24)19(15-17)23(28)25-16-7-3-2-4-8-16/h5-6,9-12,15-16H,2-4,7-8,13-14H2,1H3,(H,25,28)(H,26,27). The molecule has 30 heavy (non-hydrogen) atoms. The van der Waals surface area contributed by atoms with Gasteiger partial charge in [0, 0.05) is 18.8 Å². The predicted molar refractivity (Wildman–Crippen MR) is 118 cm³/mol.